The van der Waals surface area contributed by atoms with E-state index in [1.807, 2.05) is 24.3 Å². The summed E-state index contributed by atoms with van der Waals surface area (Å²) in [5.41, 5.74) is 8.11. The third-order valence-electron chi connectivity index (χ3n) is 3.41. The number of aromatic nitrogens is 2. The van der Waals surface area contributed by atoms with Crippen molar-refractivity contribution in [2.45, 2.75) is 6.54 Å². The van der Waals surface area contributed by atoms with E-state index in [2.05, 4.69) is 20.8 Å². The van der Waals surface area contributed by atoms with E-state index in [1.165, 1.54) is 6.20 Å². The van der Waals surface area contributed by atoms with Crippen molar-refractivity contribution in [1.29, 1.82) is 0 Å². The van der Waals surface area contributed by atoms with E-state index in [0.717, 1.165) is 11.1 Å². The number of hydrogen-bond donors (Lipinski definition) is 2. The van der Waals surface area contributed by atoms with Crippen molar-refractivity contribution in [3.8, 4) is 11.3 Å². The van der Waals surface area contributed by atoms with Crippen LogP contribution >= 0.6 is 23.2 Å². The summed E-state index contributed by atoms with van der Waals surface area (Å²) in [6.07, 6.45) is 3.01. The van der Waals surface area contributed by atoms with Gasteiger partial charge in [0.1, 0.15) is 5.69 Å². The van der Waals surface area contributed by atoms with Crippen molar-refractivity contribution in [3.05, 3.63) is 82.2 Å². The molecule has 1 aromatic heterocycles. The largest absolute Gasteiger partial charge is 0.286 e. The molecule has 5 nitrogen and oxygen atoms in total. The van der Waals surface area contributed by atoms with Crippen molar-refractivity contribution < 1.29 is 4.79 Å². The standard InChI is InChI=1S/C18H14Cl2N4O/c19-14-5-1-12(2-6-14)9-22-24-18(25)17-11-21-10-16(23-17)13-3-7-15(20)8-4-13/h1-8,10-11,22H,9H2,(H,24,25). The molecule has 2 N–H and O–H groups in total. The van der Waals surface area contributed by atoms with Crippen molar-refractivity contribution in [2.24, 2.45) is 0 Å². The van der Waals surface area contributed by atoms with E-state index in [4.69, 9.17) is 23.2 Å². The molecule has 25 heavy (non-hydrogen) atoms. The van der Waals surface area contributed by atoms with Crippen LogP contribution in [0.25, 0.3) is 11.3 Å². The highest BCUT2D eigenvalue weighted by Crippen LogP contribution is 2.19. The van der Waals surface area contributed by atoms with Crippen LogP contribution in [0.2, 0.25) is 10.0 Å². The Kier molecular flexibility index (Phi) is 5.60. The van der Waals surface area contributed by atoms with Crippen LogP contribution in [0.5, 0.6) is 0 Å². The predicted octanol–water partition coefficient (Wildman–Crippen LogP) is 3.89. The molecular formula is C18H14Cl2N4O. The van der Waals surface area contributed by atoms with Gasteiger partial charge in [-0.05, 0) is 29.8 Å². The van der Waals surface area contributed by atoms with Crippen LogP contribution in [-0.2, 0) is 6.54 Å². The minimum absolute atomic E-state index is 0.219. The molecule has 7 heteroatoms. The van der Waals surface area contributed by atoms with Crippen molar-refractivity contribution in [3.63, 3.8) is 0 Å². The summed E-state index contributed by atoms with van der Waals surface area (Å²) in [7, 11) is 0. The van der Waals surface area contributed by atoms with Crippen LogP contribution < -0.4 is 10.9 Å². The first-order valence-corrected chi connectivity index (χ1v) is 8.23. The second-order valence-corrected chi connectivity index (χ2v) is 6.10. The maximum absolute atomic E-state index is 12.2. The summed E-state index contributed by atoms with van der Waals surface area (Å²) >= 11 is 11.7. The second-order valence-electron chi connectivity index (χ2n) is 5.23. The van der Waals surface area contributed by atoms with Gasteiger partial charge in [-0.3, -0.25) is 15.2 Å². The molecule has 3 rings (SSSR count). The summed E-state index contributed by atoms with van der Waals surface area (Å²) in [4.78, 5) is 20.6. The molecule has 0 atom stereocenters. The van der Waals surface area contributed by atoms with Crippen LogP contribution in [0.3, 0.4) is 0 Å². The fourth-order valence-corrected chi connectivity index (χ4v) is 2.38. The third kappa shape index (κ3) is 4.76. The average molecular weight is 373 g/mol. The van der Waals surface area contributed by atoms with Gasteiger partial charge >= 0.3 is 0 Å². The van der Waals surface area contributed by atoms with Gasteiger partial charge in [0.2, 0.25) is 0 Å². The Morgan fingerprint density at radius 3 is 2.24 bits per heavy atom. The lowest BCUT2D eigenvalue weighted by atomic mass is 10.1. The first-order chi connectivity index (χ1) is 12.1. The SMILES string of the molecule is O=C(NNCc1ccc(Cl)cc1)c1cncc(-c2ccc(Cl)cc2)n1. The van der Waals surface area contributed by atoms with Gasteiger partial charge in [-0.2, -0.15) is 0 Å². The zero-order valence-corrected chi connectivity index (χ0v) is 14.6. The van der Waals surface area contributed by atoms with Gasteiger partial charge in [0.15, 0.2) is 0 Å². The number of hydrazine groups is 1. The summed E-state index contributed by atoms with van der Waals surface area (Å²) in [5, 5.41) is 1.30. The van der Waals surface area contributed by atoms with Gasteiger partial charge in [0.05, 0.1) is 18.1 Å². The molecule has 0 radical (unpaired) electrons. The van der Waals surface area contributed by atoms with E-state index >= 15 is 0 Å². The zero-order chi connectivity index (χ0) is 17.6. The number of nitrogens with zero attached hydrogens (tertiary/aromatic N) is 2. The lowest BCUT2D eigenvalue weighted by molar-refractivity contribution is 0.0927. The quantitative estimate of drug-likeness (QED) is 0.666. The first kappa shape index (κ1) is 17.4. The highest BCUT2D eigenvalue weighted by molar-refractivity contribution is 6.30. The Morgan fingerprint density at radius 2 is 1.56 bits per heavy atom. The first-order valence-electron chi connectivity index (χ1n) is 7.47. The van der Waals surface area contributed by atoms with E-state index in [1.54, 1.807) is 30.5 Å². The minimum atomic E-state index is -0.364. The molecule has 0 aliphatic carbocycles. The molecule has 0 unspecified atom stereocenters. The van der Waals surface area contributed by atoms with Crippen LogP contribution in [0.15, 0.2) is 60.9 Å². The van der Waals surface area contributed by atoms with Gasteiger partial charge in [-0.15, -0.1) is 0 Å². The number of rotatable bonds is 5. The molecule has 1 amide bonds. The molecule has 1 heterocycles. The Balaban J connectivity index is 1.63. The van der Waals surface area contributed by atoms with E-state index in [-0.39, 0.29) is 11.6 Å². The molecule has 0 aliphatic rings. The second kappa shape index (κ2) is 8.07. The number of carbonyl (C=O) groups is 1. The Bertz CT molecular complexity index is 867. The molecule has 0 saturated carbocycles. The summed E-state index contributed by atoms with van der Waals surface area (Å²) in [6, 6.07) is 14.5. The molecule has 3 aromatic rings. The van der Waals surface area contributed by atoms with E-state index < -0.39 is 0 Å². The van der Waals surface area contributed by atoms with E-state index in [0.29, 0.717) is 22.3 Å². The number of carbonyl (C=O) groups excluding carboxylic acids is 1. The molecular weight excluding hydrogens is 359 g/mol. The van der Waals surface area contributed by atoms with Crippen molar-refractivity contribution in [2.75, 3.05) is 0 Å². The highest BCUT2D eigenvalue weighted by Gasteiger charge is 2.09. The van der Waals surface area contributed by atoms with Crippen molar-refractivity contribution in [1.82, 2.24) is 20.8 Å². The van der Waals surface area contributed by atoms with E-state index in [9.17, 15) is 4.79 Å². The number of amides is 1. The summed E-state index contributed by atoms with van der Waals surface area (Å²) in [6.45, 7) is 0.465. The summed E-state index contributed by atoms with van der Waals surface area (Å²) < 4.78 is 0. The molecule has 126 valence electrons. The molecule has 0 aliphatic heterocycles. The summed E-state index contributed by atoms with van der Waals surface area (Å²) in [5.74, 6) is -0.364. The fraction of sp³-hybridized carbons (Fsp3) is 0.0556. The number of hydrogen-bond acceptors (Lipinski definition) is 4. The number of nitrogens with one attached hydrogen (secondary N) is 2. The van der Waals surface area contributed by atoms with Gasteiger partial charge in [-0.1, -0.05) is 47.5 Å². The fourth-order valence-electron chi connectivity index (χ4n) is 2.13. The van der Waals surface area contributed by atoms with Crippen LogP contribution in [0.1, 0.15) is 16.1 Å². The molecule has 0 saturated heterocycles. The smallest absolute Gasteiger partial charge is 0.285 e. The highest BCUT2D eigenvalue weighted by atomic mass is 35.5. The maximum Gasteiger partial charge on any atom is 0.285 e. The lowest BCUT2D eigenvalue weighted by Crippen LogP contribution is -2.37. The maximum atomic E-state index is 12.2. The van der Waals surface area contributed by atoms with Gasteiger partial charge in [-0.25, -0.2) is 10.4 Å². The lowest BCUT2D eigenvalue weighted by Gasteiger charge is -2.08. The Hall–Kier alpha value is -2.47. The van der Waals surface area contributed by atoms with Crippen molar-refractivity contribution >= 4 is 29.1 Å². The van der Waals surface area contributed by atoms with Crippen LogP contribution in [-0.4, -0.2) is 15.9 Å². The normalized spacial score (nSPS) is 10.5. The molecule has 2 aromatic carbocycles. The minimum Gasteiger partial charge on any atom is -0.286 e. The number of benzene rings is 2. The predicted molar refractivity (Wildman–Crippen MR) is 98.2 cm³/mol. The van der Waals surface area contributed by atoms with Gasteiger partial charge in [0, 0.05) is 22.2 Å². The topological polar surface area (TPSA) is 66.9 Å². The molecule has 0 spiro atoms. The average Bonchev–Trinajstić information content (AvgIpc) is 2.64. The Labute approximate surface area is 155 Å². The van der Waals surface area contributed by atoms with Gasteiger partial charge in [0.25, 0.3) is 5.91 Å². The monoisotopic (exact) mass is 372 g/mol. The Morgan fingerprint density at radius 1 is 0.920 bits per heavy atom. The molecule has 0 bridgehead atoms. The van der Waals surface area contributed by atoms with Crippen LogP contribution in [0, 0.1) is 0 Å². The molecule has 0 fully saturated rings. The zero-order valence-electron chi connectivity index (χ0n) is 13.0. The number of halogens is 2. The third-order valence-corrected chi connectivity index (χ3v) is 3.92. The van der Waals surface area contributed by atoms with Crippen LogP contribution in [0.4, 0.5) is 0 Å². The van der Waals surface area contributed by atoms with Gasteiger partial charge < -0.3 is 0 Å².